The van der Waals surface area contributed by atoms with E-state index in [1.807, 2.05) is 12.1 Å². The molecule has 0 unspecified atom stereocenters. The van der Waals surface area contributed by atoms with E-state index in [1.54, 1.807) is 0 Å². The summed E-state index contributed by atoms with van der Waals surface area (Å²) in [5, 5.41) is 7.51. The number of thiocarbonyl (C=S) groups is 1. The molecule has 1 aliphatic carbocycles. The third-order valence-corrected chi connectivity index (χ3v) is 4.17. The Morgan fingerprint density at radius 2 is 1.57 bits per heavy atom. The Labute approximate surface area is 131 Å². The molecule has 3 heteroatoms. The monoisotopic (exact) mass is 296 g/mol. The minimum atomic E-state index is 0.536. The number of hydrogen-bond donors (Lipinski definition) is 2. The van der Waals surface area contributed by atoms with E-state index in [2.05, 4.69) is 53.1 Å². The predicted molar refractivity (Wildman–Crippen MR) is 93.5 cm³/mol. The molecule has 0 spiro atoms. The summed E-state index contributed by atoms with van der Waals surface area (Å²) in [5.74, 6) is 0. The number of para-hydroxylation sites is 1. The molecule has 2 N–H and O–H groups in total. The molecule has 21 heavy (non-hydrogen) atoms. The van der Waals surface area contributed by atoms with Gasteiger partial charge in [0.2, 0.25) is 0 Å². The molecule has 1 aliphatic rings. The summed E-state index contributed by atoms with van der Waals surface area (Å²) in [6.07, 6.45) is 5.06. The van der Waals surface area contributed by atoms with Crippen LogP contribution in [-0.4, -0.2) is 11.2 Å². The van der Waals surface area contributed by atoms with E-state index in [0.717, 1.165) is 10.8 Å². The Kier molecular flexibility index (Phi) is 4.51. The molecule has 0 aromatic heterocycles. The second kappa shape index (κ2) is 6.72. The third kappa shape index (κ3) is 3.61. The maximum Gasteiger partial charge on any atom is 0.171 e. The molecule has 0 bridgehead atoms. The zero-order valence-corrected chi connectivity index (χ0v) is 12.8. The van der Waals surface area contributed by atoms with Gasteiger partial charge in [0.15, 0.2) is 5.11 Å². The highest BCUT2D eigenvalue weighted by atomic mass is 32.1. The number of nitrogens with one attached hydrogen (secondary N) is 2. The van der Waals surface area contributed by atoms with Gasteiger partial charge in [-0.15, -0.1) is 0 Å². The quantitative estimate of drug-likeness (QED) is 0.811. The lowest BCUT2D eigenvalue weighted by molar-refractivity contribution is 0.634. The van der Waals surface area contributed by atoms with E-state index >= 15 is 0 Å². The summed E-state index contributed by atoms with van der Waals surface area (Å²) in [5.41, 5.74) is 3.43. The number of rotatable bonds is 3. The molecule has 1 saturated carbocycles. The molecule has 2 aromatic carbocycles. The zero-order valence-electron chi connectivity index (χ0n) is 12.0. The van der Waals surface area contributed by atoms with Gasteiger partial charge in [0.25, 0.3) is 0 Å². The van der Waals surface area contributed by atoms with Crippen molar-refractivity contribution in [1.29, 1.82) is 0 Å². The van der Waals surface area contributed by atoms with Crippen LogP contribution in [0.15, 0.2) is 54.6 Å². The minimum absolute atomic E-state index is 0.536. The summed E-state index contributed by atoms with van der Waals surface area (Å²) < 4.78 is 0. The summed E-state index contributed by atoms with van der Waals surface area (Å²) in [7, 11) is 0. The van der Waals surface area contributed by atoms with E-state index in [9.17, 15) is 0 Å². The van der Waals surface area contributed by atoms with Crippen molar-refractivity contribution in [2.45, 2.75) is 31.7 Å². The summed E-state index contributed by atoms with van der Waals surface area (Å²) >= 11 is 5.46. The molecular formula is C18H20N2S. The molecule has 0 atom stereocenters. The first-order valence-electron chi connectivity index (χ1n) is 7.55. The van der Waals surface area contributed by atoms with Crippen LogP contribution in [-0.2, 0) is 0 Å². The predicted octanol–water partition coefficient (Wildman–Crippen LogP) is 4.58. The molecule has 2 nitrogen and oxygen atoms in total. The average Bonchev–Trinajstić information content (AvgIpc) is 3.01. The van der Waals surface area contributed by atoms with Crippen LogP contribution in [0.3, 0.4) is 0 Å². The molecule has 0 amide bonds. The Hall–Kier alpha value is -1.87. The summed E-state index contributed by atoms with van der Waals surface area (Å²) in [4.78, 5) is 0. The molecule has 2 aromatic rings. The fraction of sp³-hybridized carbons (Fsp3) is 0.278. The van der Waals surface area contributed by atoms with Gasteiger partial charge in [-0.25, -0.2) is 0 Å². The van der Waals surface area contributed by atoms with Crippen LogP contribution in [0.25, 0.3) is 11.1 Å². The van der Waals surface area contributed by atoms with E-state index < -0.39 is 0 Å². The van der Waals surface area contributed by atoms with Crippen molar-refractivity contribution in [1.82, 2.24) is 5.32 Å². The third-order valence-electron chi connectivity index (χ3n) is 3.95. The Balaban J connectivity index is 1.74. The lowest BCUT2D eigenvalue weighted by Crippen LogP contribution is -2.36. The second-order valence-electron chi connectivity index (χ2n) is 5.49. The van der Waals surface area contributed by atoms with Gasteiger partial charge in [-0.2, -0.15) is 0 Å². The van der Waals surface area contributed by atoms with Gasteiger partial charge in [0.05, 0.1) is 0 Å². The lowest BCUT2D eigenvalue weighted by atomic mass is 10.0. The van der Waals surface area contributed by atoms with Crippen LogP contribution in [0.2, 0.25) is 0 Å². The Bertz CT molecular complexity index is 604. The standard InChI is InChI=1S/C18H20N2S/c21-18(19-15-10-4-5-11-15)20-17-13-7-6-12-16(17)14-8-2-1-3-9-14/h1-3,6-9,12-13,15H,4-5,10-11H2,(H2,19,20,21). The van der Waals surface area contributed by atoms with E-state index in [0.29, 0.717) is 6.04 Å². The van der Waals surface area contributed by atoms with Gasteiger partial charge in [-0.05, 0) is 36.7 Å². The maximum atomic E-state index is 5.46. The smallest absolute Gasteiger partial charge is 0.171 e. The average molecular weight is 296 g/mol. The molecule has 0 saturated heterocycles. The first-order chi connectivity index (χ1) is 10.3. The SMILES string of the molecule is S=C(Nc1ccccc1-c1ccccc1)NC1CCCC1. The lowest BCUT2D eigenvalue weighted by Gasteiger charge is -2.17. The summed E-state index contributed by atoms with van der Waals surface area (Å²) in [6.45, 7) is 0. The van der Waals surface area contributed by atoms with Crippen LogP contribution < -0.4 is 10.6 Å². The Morgan fingerprint density at radius 3 is 2.33 bits per heavy atom. The van der Waals surface area contributed by atoms with E-state index in [4.69, 9.17) is 12.2 Å². The van der Waals surface area contributed by atoms with Gasteiger partial charge in [0, 0.05) is 17.3 Å². The minimum Gasteiger partial charge on any atom is -0.360 e. The van der Waals surface area contributed by atoms with Crippen molar-refractivity contribution in [3.8, 4) is 11.1 Å². The van der Waals surface area contributed by atoms with Crippen molar-refractivity contribution >= 4 is 23.0 Å². The highest BCUT2D eigenvalue weighted by molar-refractivity contribution is 7.80. The van der Waals surface area contributed by atoms with Crippen LogP contribution in [0.4, 0.5) is 5.69 Å². The fourth-order valence-electron chi connectivity index (χ4n) is 2.88. The van der Waals surface area contributed by atoms with Gasteiger partial charge < -0.3 is 10.6 Å². The van der Waals surface area contributed by atoms with Gasteiger partial charge in [-0.1, -0.05) is 61.4 Å². The van der Waals surface area contributed by atoms with E-state index in [1.165, 1.54) is 36.8 Å². The van der Waals surface area contributed by atoms with Gasteiger partial charge in [-0.3, -0.25) is 0 Å². The van der Waals surface area contributed by atoms with Gasteiger partial charge in [0.1, 0.15) is 0 Å². The zero-order chi connectivity index (χ0) is 14.5. The number of anilines is 1. The molecule has 0 aliphatic heterocycles. The topological polar surface area (TPSA) is 24.1 Å². The molecule has 1 fully saturated rings. The van der Waals surface area contributed by atoms with Crippen LogP contribution in [0, 0.1) is 0 Å². The second-order valence-corrected chi connectivity index (χ2v) is 5.90. The van der Waals surface area contributed by atoms with Crippen molar-refractivity contribution in [2.75, 3.05) is 5.32 Å². The molecule has 0 radical (unpaired) electrons. The largest absolute Gasteiger partial charge is 0.360 e. The highest BCUT2D eigenvalue weighted by Crippen LogP contribution is 2.27. The van der Waals surface area contributed by atoms with Crippen LogP contribution >= 0.6 is 12.2 Å². The summed E-state index contributed by atoms with van der Waals surface area (Å²) in [6, 6.07) is 19.2. The van der Waals surface area contributed by atoms with Crippen LogP contribution in [0.5, 0.6) is 0 Å². The van der Waals surface area contributed by atoms with Crippen LogP contribution in [0.1, 0.15) is 25.7 Å². The highest BCUT2D eigenvalue weighted by Gasteiger charge is 2.15. The van der Waals surface area contributed by atoms with E-state index in [-0.39, 0.29) is 0 Å². The van der Waals surface area contributed by atoms with Crippen molar-refractivity contribution in [3.63, 3.8) is 0 Å². The number of benzene rings is 2. The first-order valence-corrected chi connectivity index (χ1v) is 7.96. The normalized spacial score (nSPS) is 14.9. The van der Waals surface area contributed by atoms with Crippen molar-refractivity contribution in [2.24, 2.45) is 0 Å². The maximum absolute atomic E-state index is 5.46. The van der Waals surface area contributed by atoms with Crippen molar-refractivity contribution in [3.05, 3.63) is 54.6 Å². The molecule has 0 heterocycles. The molecular weight excluding hydrogens is 276 g/mol. The number of hydrogen-bond acceptors (Lipinski definition) is 1. The van der Waals surface area contributed by atoms with Gasteiger partial charge >= 0.3 is 0 Å². The Morgan fingerprint density at radius 1 is 0.905 bits per heavy atom. The fourth-order valence-corrected chi connectivity index (χ4v) is 3.15. The molecule has 108 valence electrons. The molecule has 3 rings (SSSR count). The van der Waals surface area contributed by atoms with Crippen molar-refractivity contribution < 1.29 is 0 Å². The first kappa shape index (κ1) is 14.1.